The zero-order valence-electron chi connectivity index (χ0n) is 10.7. The highest BCUT2D eigenvalue weighted by molar-refractivity contribution is 5.49. The van der Waals surface area contributed by atoms with Gasteiger partial charge in [0.1, 0.15) is 6.04 Å². The van der Waals surface area contributed by atoms with E-state index >= 15 is 0 Å². The first-order valence-electron chi connectivity index (χ1n) is 6.00. The van der Waals surface area contributed by atoms with E-state index in [0.29, 0.717) is 12.2 Å². The van der Waals surface area contributed by atoms with Gasteiger partial charge < -0.3 is 10.6 Å². The number of aryl methyl sites for hydroxylation is 1. The van der Waals surface area contributed by atoms with Crippen LogP contribution in [-0.4, -0.2) is 25.3 Å². The number of anilines is 1. The SMILES string of the molecule is CCN(c1cccc(C)c1)C(CCN)C(F)(F)F. The minimum Gasteiger partial charge on any atom is -0.360 e. The van der Waals surface area contributed by atoms with Crippen LogP contribution in [0, 0.1) is 6.92 Å². The van der Waals surface area contributed by atoms with Gasteiger partial charge in [0.15, 0.2) is 0 Å². The third kappa shape index (κ3) is 3.63. The van der Waals surface area contributed by atoms with Crippen LogP contribution in [0.5, 0.6) is 0 Å². The topological polar surface area (TPSA) is 29.3 Å². The van der Waals surface area contributed by atoms with Crippen LogP contribution in [0.4, 0.5) is 18.9 Å². The van der Waals surface area contributed by atoms with Crippen LogP contribution in [0.25, 0.3) is 0 Å². The lowest BCUT2D eigenvalue weighted by Crippen LogP contribution is -2.47. The van der Waals surface area contributed by atoms with E-state index in [-0.39, 0.29) is 13.0 Å². The molecule has 1 unspecified atom stereocenters. The van der Waals surface area contributed by atoms with E-state index in [2.05, 4.69) is 0 Å². The predicted molar refractivity (Wildman–Crippen MR) is 67.7 cm³/mol. The minimum absolute atomic E-state index is 0.0203. The molecule has 0 bridgehead atoms. The van der Waals surface area contributed by atoms with Crippen molar-refractivity contribution in [2.45, 2.75) is 32.5 Å². The number of benzene rings is 1. The van der Waals surface area contributed by atoms with Crippen LogP contribution in [-0.2, 0) is 0 Å². The van der Waals surface area contributed by atoms with Gasteiger partial charge in [-0.05, 0) is 44.5 Å². The zero-order valence-corrected chi connectivity index (χ0v) is 10.7. The maximum absolute atomic E-state index is 13.0. The molecule has 0 aromatic heterocycles. The number of alkyl halides is 3. The molecule has 0 aliphatic heterocycles. The van der Waals surface area contributed by atoms with Crippen molar-refractivity contribution in [3.63, 3.8) is 0 Å². The Morgan fingerprint density at radius 1 is 1.33 bits per heavy atom. The van der Waals surface area contributed by atoms with Crippen molar-refractivity contribution >= 4 is 5.69 Å². The Bertz CT molecular complexity index is 377. The fraction of sp³-hybridized carbons (Fsp3) is 0.538. The third-order valence-electron chi connectivity index (χ3n) is 2.87. The smallest absolute Gasteiger partial charge is 0.360 e. The number of nitrogens with zero attached hydrogens (tertiary/aromatic N) is 1. The molecule has 0 aliphatic rings. The van der Waals surface area contributed by atoms with Crippen LogP contribution < -0.4 is 10.6 Å². The number of rotatable bonds is 5. The zero-order chi connectivity index (χ0) is 13.8. The molecule has 0 heterocycles. The molecule has 0 aliphatic carbocycles. The fourth-order valence-electron chi connectivity index (χ4n) is 2.04. The molecule has 0 saturated heterocycles. The molecule has 1 rings (SSSR count). The van der Waals surface area contributed by atoms with E-state index in [1.807, 2.05) is 13.0 Å². The Morgan fingerprint density at radius 3 is 2.44 bits per heavy atom. The Hall–Kier alpha value is -1.23. The first-order chi connectivity index (χ1) is 8.40. The molecule has 18 heavy (non-hydrogen) atoms. The summed E-state index contributed by atoms with van der Waals surface area (Å²) < 4.78 is 39.1. The van der Waals surface area contributed by atoms with Crippen LogP contribution >= 0.6 is 0 Å². The van der Waals surface area contributed by atoms with Gasteiger partial charge in [-0.25, -0.2) is 0 Å². The quantitative estimate of drug-likeness (QED) is 0.881. The molecule has 1 aromatic rings. The van der Waals surface area contributed by atoms with Crippen molar-refractivity contribution in [1.82, 2.24) is 0 Å². The van der Waals surface area contributed by atoms with E-state index in [4.69, 9.17) is 5.73 Å². The van der Waals surface area contributed by atoms with Crippen molar-refractivity contribution in [3.05, 3.63) is 29.8 Å². The van der Waals surface area contributed by atoms with Gasteiger partial charge in [-0.1, -0.05) is 12.1 Å². The maximum atomic E-state index is 13.0. The summed E-state index contributed by atoms with van der Waals surface area (Å²) in [5.41, 5.74) is 6.84. The summed E-state index contributed by atoms with van der Waals surface area (Å²) in [7, 11) is 0. The largest absolute Gasteiger partial charge is 0.408 e. The van der Waals surface area contributed by atoms with Crippen LogP contribution in [0.1, 0.15) is 18.9 Å². The molecule has 0 saturated carbocycles. The van der Waals surface area contributed by atoms with Gasteiger partial charge in [-0.3, -0.25) is 0 Å². The van der Waals surface area contributed by atoms with Crippen molar-refractivity contribution in [3.8, 4) is 0 Å². The standard InChI is InChI=1S/C13H19F3N2/c1-3-18(11-6-4-5-10(2)9-11)12(7-8-17)13(14,15)16/h4-6,9,12H,3,7-8,17H2,1-2H3. The van der Waals surface area contributed by atoms with E-state index < -0.39 is 12.2 Å². The first-order valence-corrected chi connectivity index (χ1v) is 6.00. The summed E-state index contributed by atoms with van der Waals surface area (Å²) in [6, 6.07) is 5.57. The monoisotopic (exact) mass is 260 g/mol. The molecule has 2 nitrogen and oxygen atoms in total. The van der Waals surface area contributed by atoms with Gasteiger partial charge in [0.25, 0.3) is 0 Å². The van der Waals surface area contributed by atoms with E-state index in [9.17, 15) is 13.2 Å². The number of hydrogen-bond acceptors (Lipinski definition) is 2. The lowest BCUT2D eigenvalue weighted by Gasteiger charge is -2.34. The average molecular weight is 260 g/mol. The highest BCUT2D eigenvalue weighted by atomic mass is 19.4. The molecule has 1 atom stereocenters. The Kier molecular flexibility index (Phi) is 5.02. The Morgan fingerprint density at radius 2 is 2.00 bits per heavy atom. The lowest BCUT2D eigenvalue weighted by molar-refractivity contribution is -0.149. The van der Waals surface area contributed by atoms with Gasteiger partial charge in [0, 0.05) is 12.2 Å². The normalized spacial score (nSPS) is 13.4. The molecule has 0 fully saturated rings. The summed E-state index contributed by atoms with van der Waals surface area (Å²) in [6.07, 6.45) is -4.36. The summed E-state index contributed by atoms with van der Waals surface area (Å²) >= 11 is 0. The van der Waals surface area contributed by atoms with Crippen molar-refractivity contribution < 1.29 is 13.2 Å². The molecule has 102 valence electrons. The van der Waals surface area contributed by atoms with Gasteiger partial charge in [0.2, 0.25) is 0 Å². The summed E-state index contributed by atoms with van der Waals surface area (Å²) in [6.45, 7) is 3.90. The minimum atomic E-state index is -4.26. The van der Waals surface area contributed by atoms with Crippen molar-refractivity contribution in [2.75, 3.05) is 18.0 Å². The Balaban J connectivity index is 3.06. The van der Waals surface area contributed by atoms with Crippen LogP contribution in [0.3, 0.4) is 0 Å². The number of nitrogens with two attached hydrogens (primary N) is 1. The van der Waals surface area contributed by atoms with E-state index in [0.717, 1.165) is 5.56 Å². The molecule has 2 N–H and O–H groups in total. The highest BCUT2D eigenvalue weighted by Crippen LogP contribution is 2.30. The first kappa shape index (κ1) is 14.8. The second-order valence-corrected chi connectivity index (χ2v) is 4.26. The summed E-state index contributed by atoms with van der Waals surface area (Å²) in [5, 5.41) is 0. The van der Waals surface area contributed by atoms with Crippen molar-refractivity contribution in [1.29, 1.82) is 0 Å². The third-order valence-corrected chi connectivity index (χ3v) is 2.87. The van der Waals surface area contributed by atoms with Crippen molar-refractivity contribution in [2.24, 2.45) is 5.73 Å². The summed E-state index contributed by atoms with van der Waals surface area (Å²) in [5.74, 6) is 0. The number of halogens is 3. The second kappa shape index (κ2) is 6.09. The second-order valence-electron chi connectivity index (χ2n) is 4.26. The molecular formula is C13H19F3N2. The van der Waals surface area contributed by atoms with E-state index in [1.54, 1.807) is 25.1 Å². The van der Waals surface area contributed by atoms with Gasteiger partial charge >= 0.3 is 6.18 Å². The van der Waals surface area contributed by atoms with Crippen LogP contribution in [0.15, 0.2) is 24.3 Å². The number of hydrogen-bond donors (Lipinski definition) is 1. The van der Waals surface area contributed by atoms with E-state index in [1.165, 1.54) is 4.90 Å². The lowest BCUT2D eigenvalue weighted by atomic mass is 10.1. The molecular weight excluding hydrogens is 241 g/mol. The molecule has 0 amide bonds. The Labute approximate surface area is 106 Å². The molecule has 1 aromatic carbocycles. The van der Waals surface area contributed by atoms with Gasteiger partial charge in [-0.2, -0.15) is 13.2 Å². The fourth-order valence-corrected chi connectivity index (χ4v) is 2.04. The molecule has 5 heteroatoms. The molecule has 0 radical (unpaired) electrons. The molecule has 0 spiro atoms. The van der Waals surface area contributed by atoms with Crippen LogP contribution in [0.2, 0.25) is 0 Å². The highest BCUT2D eigenvalue weighted by Gasteiger charge is 2.42. The van der Waals surface area contributed by atoms with Gasteiger partial charge in [0.05, 0.1) is 0 Å². The average Bonchev–Trinajstić information content (AvgIpc) is 2.28. The summed E-state index contributed by atoms with van der Waals surface area (Å²) in [4.78, 5) is 1.36. The maximum Gasteiger partial charge on any atom is 0.408 e. The predicted octanol–water partition coefficient (Wildman–Crippen LogP) is 3.10. The van der Waals surface area contributed by atoms with Gasteiger partial charge in [-0.15, -0.1) is 0 Å².